The first-order valence-corrected chi connectivity index (χ1v) is 5.86. The first-order chi connectivity index (χ1) is 6.72. The van der Waals surface area contributed by atoms with E-state index in [1.165, 1.54) is 0 Å². The van der Waals surface area contributed by atoms with Gasteiger partial charge in [0.25, 0.3) is 10.1 Å². The minimum atomic E-state index is -4.34. The van der Waals surface area contributed by atoms with Crippen LogP contribution in [0.1, 0.15) is 19.3 Å². The van der Waals surface area contributed by atoms with Crippen molar-refractivity contribution in [3.8, 4) is 0 Å². The fraction of sp³-hybridized carbons (Fsp3) is 0.857. The Morgan fingerprint density at radius 2 is 1.73 bits per heavy atom. The van der Waals surface area contributed by atoms with Crippen LogP contribution in [0.3, 0.4) is 0 Å². The van der Waals surface area contributed by atoms with Gasteiger partial charge < -0.3 is 15.3 Å². The van der Waals surface area contributed by atoms with Gasteiger partial charge in [0.15, 0.2) is 0 Å². The van der Waals surface area contributed by atoms with Gasteiger partial charge in [0.2, 0.25) is 0 Å². The highest BCUT2D eigenvalue weighted by Crippen LogP contribution is 2.06. The third-order valence-electron chi connectivity index (χ3n) is 1.72. The Morgan fingerprint density at radius 1 is 1.20 bits per heavy atom. The van der Waals surface area contributed by atoms with Gasteiger partial charge in [-0.05, 0) is 12.8 Å². The van der Waals surface area contributed by atoms with E-state index in [1.807, 2.05) is 0 Å². The molecule has 0 spiro atoms. The highest BCUT2D eigenvalue weighted by Gasteiger charge is 2.21. The van der Waals surface area contributed by atoms with Crippen LogP contribution in [0.2, 0.25) is 0 Å². The summed E-state index contributed by atoms with van der Waals surface area (Å²) in [6.07, 6.45) is -3.04. The molecule has 0 aromatic heterocycles. The van der Waals surface area contributed by atoms with Gasteiger partial charge in [-0.3, -0.25) is 9.35 Å². The first-order valence-electron chi connectivity index (χ1n) is 4.25. The number of hydrogen-bond acceptors (Lipinski definition) is 5. The van der Waals surface area contributed by atoms with Crippen LogP contribution in [0.25, 0.3) is 0 Å². The number of rotatable bonds is 7. The average molecular weight is 242 g/mol. The van der Waals surface area contributed by atoms with Crippen molar-refractivity contribution in [2.75, 3.05) is 5.75 Å². The standard InChI is InChI=1S/C7H14O7S/c8-5(2-1-3-7(10)11)6(9)4-15(12,13)14/h5-6,8-9H,1-4H2,(H,10,11)(H,12,13,14). The number of carboxylic acids is 1. The number of hydrogen-bond donors (Lipinski definition) is 4. The van der Waals surface area contributed by atoms with E-state index in [2.05, 4.69) is 0 Å². The largest absolute Gasteiger partial charge is 0.481 e. The maximum Gasteiger partial charge on any atom is 0.303 e. The second-order valence-electron chi connectivity index (χ2n) is 3.17. The fourth-order valence-corrected chi connectivity index (χ4v) is 1.64. The van der Waals surface area contributed by atoms with Crippen molar-refractivity contribution in [2.24, 2.45) is 0 Å². The summed E-state index contributed by atoms with van der Waals surface area (Å²) in [5.41, 5.74) is 0. The number of aliphatic hydroxyl groups excluding tert-OH is 2. The maximum atomic E-state index is 10.3. The van der Waals surface area contributed by atoms with Crippen LogP contribution < -0.4 is 0 Å². The van der Waals surface area contributed by atoms with Crippen molar-refractivity contribution < 1.29 is 33.1 Å². The second kappa shape index (κ2) is 6.01. The molecule has 0 saturated heterocycles. The van der Waals surface area contributed by atoms with Gasteiger partial charge in [0, 0.05) is 6.42 Å². The van der Waals surface area contributed by atoms with Gasteiger partial charge in [-0.15, -0.1) is 0 Å². The Hall–Kier alpha value is -0.700. The van der Waals surface area contributed by atoms with Crippen molar-refractivity contribution in [2.45, 2.75) is 31.5 Å². The van der Waals surface area contributed by atoms with Crippen LogP contribution in [0.5, 0.6) is 0 Å². The molecule has 0 aliphatic heterocycles. The highest BCUT2D eigenvalue weighted by atomic mass is 32.2. The lowest BCUT2D eigenvalue weighted by Crippen LogP contribution is -2.32. The van der Waals surface area contributed by atoms with Gasteiger partial charge >= 0.3 is 5.97 Å². The molecule has 15 heavy (non-hydrogen) atoms. The molecule has 0 bridgehead atoms. The summed E-state index contributed by atoms with van der Waals surface area (Å²) in [5.74, 6) is -1.99. The quantitative estimate of drug-likeness (QED) is 0.414. The second-order valence-corrected chi connectivity index (χ2v) is 4.67. The van der Waals surface area contributed by atoms with Crippen molar-refractivity contribution in [1.29, 1.82) is 0 Å². The van der Waals surface area contributed by atoms with Gasteiger partial charge in [-0.2, -0.15) is 8.42 Å². The van der Waals surface area contributed by atoms with E-state index in [1.54, 1.807) is 0 Å². The zero-order valence-electron chi connectivity index (χ0n) is 7.90. The number of aliphatic hydroxyl groups is 2. The molecule has 0 radical (unpaired) electrons. The topological polar surface area (TPSA) is 132 Å². The minimum Gasteiger partial charge on any atom is -0.481 e. The molecule has 0 aliphatic rings. The molecular weight excluding hydrogens is 228 g/mol. The maximum absolute atomic E-state index is 10.3. The van der Waals surface area contributed by atoms with Crippen molar-refractivity contribution in [3.63, 3.8) is 0 Å². The molecule has 0 saturated carbocycles. The summed E-state index contributed by atoms with van der Waals surface area (Å²) in [4.78, 5) is 10.1. The summed E-state index contributed by atoms with van der Waals surface area (Å²) in [6, 6.07) is 0. The van der Waals surface area contributed by atoms with Gasteiger partial charge in [0.1, 0.15) is 5.75 Å². The van der Waals surface area contributed by atoms with Gasteiger partial charge in [-0.1, -0.05) is 0 Å². The highest BCUT2D eigenvalue weighted by molar-refractivity contribution is 7.85. The van der Waals surface area contributed by atoms with Gasteiger partial charge in [-0.25, -0.2) is 0 Å². The van der Waals surface area contributed by atoms with Crippen LogP contribution in [0.4, 0.5) is 0 Å². The molecule has 90 valence electrons. The lowest BCUT2D eigenvalue weighted by molar-refractivity contribution is -0.137. The van der Waals surface area contributed by atoms with Crippen LogP contribution in [0.15, 0.2) is 0 Å². The molecular formula is C7H14O7S. The van der Waals surface area contributed by atoms with Crippen LogP contribution >= 0.6 is 0 Å². The number of aliphatic carboxylic acids is 1. The molecule has 0 aliphatic carbocycles. The summed E-state index contributed by atoms with van der Waals surface area (Å²) in [5, 5.41) is 26.5. The van der Waals surface area contributed by atoms with Crippen LogP contribution in [0, 0.1) is 0 Å². The first kappa shape index (κ1) is 14.3. The lowest BCUT2D eigenvalue weighted by Gasteiger charge is -2.15. The molecule has 0 rings (SSSR count). The minimum absolute atomic E-state index is 0.0387. The van der Waals surface area contributed by atoms with Crippen molar-refractivity contribution in [3.05, 3.63) is 0 Å². The zero-order chi connectivity index (χ0) is 12.1. The third kappa shape index (κ3) is 8.30. The van der Waals surface area contributed by atoms with Crippen molar-refractivity contribution >= 4 is 16.1 Å². The zero-order valence-corrected chi connectivity index (χ0v) is 8.72. The normalized spacial score (nSPS) is 15.9. The Balaban J connectivity index is 3.89. The van der Waals surface area contributed by atoms with E-state index in [4.69, 9.17) is 14.8 Å². The fourth-order valence-electron chi connectivity index (χ4n) is 0.982. The van der Waals surface area contributed by atoms with Crippen LogP contribution in [-0.4, -0.2) is 52.2 Å². The molecule has 0 heterocycles. The van der Waals surface area contributed by atoms with E-state index in [-0.39, 0.29) is 19.3 Å². The average Bonchev–Trinajstić information content (AvgIpc) is 1.99. The molecule has 0 aromatic rings. The predicted molar refractivity (Wildman–Crippen MR) is 49.9 cm³/mol. The third-order valence-corrected chi connectivity index (χ3v) is 2.48. The van der Waals surface area contributed by atoms with E-state index < -0.39 is 34.0 Å². The van der Waals surface area contributed by atoms with E-state index in [0.717, 1.165) is 0 Å². The summed E-state index contributed by atoms with van der Waals surface area (Å²) in [6.45, 7) is 0. The van der Waals surface area contributed by atoms with E-state index >= 15 is 0 Å². The Kier molecular flexibility index (Phi) is 5.73. The molecule has 7 nitrogen and oxygen atoms in total. The number of carbonyl (C=O) groups is 1. The molecule has 0 fully saturated rings. The monoisotopic (exact) mass is 242 g/mol. The SMILES string of the molecule is O=C(O)CCCC(O)C(O)CS(=O)(=O)O. The van der Waals surface area contributed by atoms with E-state index in [9.17, 15) is 18.3 Å². The Morgan fingerprint density at radius 3 is 2.13 bits per heavy atom. The molecule has 2 unspecified atom stereocenters. The lowest BCUT2D eigenvalue weighted by atomic mass is 10.1. The Bertz CT molecular complexity index is 296. The van der Waals surface area contributed by atoms with Crippen LogP contribution in [-0.2, 0) is 14.9 Å². The Labute approximate surface area is 87.1 Å². The number of carboxylic acid groups (broad SMARTS) is 1. The van der Waals surface area contributed by atoms with E-state index in [0.29, 0.717) is 0 Å². The van der Waals surface area contributed by atoms with Crippen molar-refractivity contribution in [1.82, 2.24) is 0 Å². The molecule has 0 aromatic carbocycles. The molecule has 4 N–H and O–H groups in total. The predicted octanol–water partition coefficient (Wildman–Crippen LogP) is -1.15. The molecule has 0 amide bonds. The smallest absolute Gasteiger partial charge is 0.303 e. The molecule has 2 atom stereocenters. The summed E-state index contributed by atoms with van der Waals surface area (Å²) < 4.78 is 29.0. The summed E-state index contributed by atoms with van der Waals surface area (Å²) >= 11 is 0. The summed E-state index contributed by atoms with van der Waals surface area (Å²) in [7, 11) is -4.34. The van der Waals surface area contributed by atoms with Gasteiger partial charge in [0.05, 0.1) is 12.2 Å². The molecule has 8 heteroatoms.